The number of carbonyl (C=O) groups excluding carboxylic acids is 1. The van der Waals surface area contributed by atoms with Gasteiger partial charge in [0, 0.05) is 43.8 Å². The summed E-state index contributed by atoms with van der Waals surface area (Å²) in [7, 11) is 1.67. The maximum absolute atomic E-state index is 13.1. The number of benzene rings is 2. The minimum atomic E-state index is -0.00366. The molecular weight excluding hydrogens is 448 g/mol. The highest BCUT2D eigenvalue weighted by Crippen LogP contribution is 2.31. The van der Waals surface area contributed by atoms with E-state index in [1.165, 1.54) is 11.1 Å². The summed E-state index contributed by atoms with van der Waals surface area (Å²) < 4.78 is 5.31. The Kier molecular flexibility index (Phi) is 6.36. The van der Waals surface area contributed by atoms with Crippen molar-refractivity contribution in [3.05, 3.63) is 77.4 Å². The van der Waals surface area contributed by atoms with E-state index in [0.717, 1.165) is 81.1 Å². The molecule has 0 radical (unpaired) electrons. The molecule has 6 rings (SSSR count). The van der Waals surface area contributed by atoms with Gasteiger partial charge in [-0.1, -0.05) is 24.3 Å². The summed E-state index contributed by atoms with van der Waals surface area (Å²) in [5.41, 5.74) is 5.55. The van der Waals surface area contributed by atoms with Crippen LogP contribution in [0.3, 0.4) is 0 Å². The number of methoxy groups -OCH3 is 1. The summed E-state index contributed by atoms with van der Waals surface area (Å²) in [4.78, 5) is 23.1. The third kappa shape index (κ3) is 4.82. The van der Waals surface area contributed by atoms with Gasteiger partial charge in [-0.2, -0.15) is 0 Å². The molecular formula is C30H34N4O2. The summed E-state index contributed by atoms with van der Waals surface area (Å²) in [5.74, 6) is 1.63. The highest BCUT2D eigenvalue weighted by molar-refractivity contribution is 5.99. The fourth-order valence-corrected chi connectivity index (χ4v) is 5.55. The number of rotatable bonds is 6. The van der Waals surface area contributed by atoms with Crippen LogP contribution < -0.4 is 15.0 Å². The Hall–Kier alpha value is -3.38. The van der Waals surface area contributed by atoms with Crippen LogP contribution in [0.15, 0.2) is 60.7 Å². The number of hydrogen-bond donors (Lipinski definition) is 1. The molecule has 0 unspecified atom stereocenters. The lowest BCUT2D eigenvalue weighted by Crippen LogP contribution is -2.47. The molecule has 6 heteroatoms. The number of anilines is 1. The lowest BCUT2D eigenvalue weighted by molar-refractivity contribution is 0.0951. The topological polar surface area (TPSA) is 57.7 Å². The van der Waals surface area contributed by atoms with Gasteiger partial charge in [0.2, 0.25) is 0 Å². The Morgan fingerprint density at radius 1 is 0.917 bits per heavy atom. The quantitative estimate of drug-likeness (QED) is 0.553. The smallest absolute Gasteiger partial charge is 0.255 e. The Morgan fingerprint density at radius 2 is 1.67 bits per heavy atom. The van der Waals surface area contributed by atoms with E-state index in [2.05, 4.69) is 39.4 Å². The first-order valence-corrected chi connectivity index (χ1v) is 13.2. The molecule has 3 aromatic rings. The fourth-order valence-electron chi connectivity index (χ4n) is 5.55. The maximum Gasteiger partial charge on any atom is 0.255 e. The van der Waals surface area contributed by atoms with Crippen LogP contribution in [0, 0.1) is 0 Å². The average molecular weight is 483 g/mol. The van der Waals surface area contributed by atoms with E-state index >= 15 is 0 Å². The molecule has 0 spiro atoms. The summed E-state index contributed by atoms with van der Waals surface area (Å²) in [5, 5.41) is 3.16. The minimum Gasteiger partial charge on any atom is -0.497 e. The number of hydrogen-bond acceptors (Lipinski definition) is 5. The van der Waals surface area contributed by atoms with Crippen LogP contribution in [0.1, 0.15) is 47.2 Å². The zero-order valence-electron chi connectivity index (χ0n) is 21.0. The molecule has 1 aromatic heterocycles. The van der Waals surface area contributed by atoms with Crippen molar-refractivity contribution in [1.29, 1.82) is 0 Å². The zero-order valence-corrected chi connectivity index (χ0v) is 21.0. The van der Waals surface area contributed by atoms with Crippen LogP contribution in [-0.4, -0.2) is 54.6 Å². The molecule has 3 aliphatic rings. The number of pyridine rings is 1. The second-order valence-electron chi connectivity index (χ2n) is 10.3. The van der Waals surface area contributed by atoms with Gasteiger partial charge in [0.05, 0.1) is 18.4 Å². The van der Waals surface area contributed by atoms with Crippen molar-refractivity contribution in [2.45, 2.75) is 50.7 Å². The van der Waals surface area contributed by atoms with Gasteiger partial charge in [-0.3, -0.25) is 9.69 Å². The first-order chi connectivity index (χ1) is 17.7. The van der Waals surface area contributed by atoms with Crippen molar-refractivity contribution in [3.8, 4) is 17.0 Å². The van der Waals surface area contributed by atoms with Crippen molar-refractivity contribution in [2.75, 3.05) is 31.6 Å². The molecule has 6 nitrogen and oxygen atoms in total. The number of nitrogens with zero attached hydrogens (tertiary/aromatic N) is 3. The fraction of sp³-hybridized carbons (Fsp3) is 0.400. The third-order valence-electron chi connectivity index (χ3n) is 7.86. The molecule has 1 amide bonds. The van der Waals surface area contributed by atoms with Crippen LogP contribution in [0.4, 0.5) is 5.82 Å². The van der Waals surface area contributed by atoms with Crippen molar-refractivity contribution in [3.63, 3.8) is 0 Å². The van der Waals surface area contributed by atoms with Crippen molar-refractivity contribution >= 4 is 11.7 Å². The number of nitrogens with one attached hydrogen (secondary N) is 1. The van der Waals surface area contributed by atoms with Gasteiger partial charge in [0.25, 0.3) is 5.91 Å². The van der Waals surface area contributed by atoms with E-state index in [0.29, 0.717) is 17.6 Å². The number of fused-ring (bicyclic) bond motifs is 1. The summed E-state index contributed by atoms with van der Waals surface area (Å²) in [6.07, 6.45) is 5.44. The zero-order chi connectivity index (χ0) is 24.5. The van der Waals surface area contributed by atoms with Gasteiger partial charge < -0.3 is 15.0 Å². The number of aromatic nitrogens is 1. The largest absolute Gasteiger partial charge is 0.497 e. The molecule has 186 valence electrons. The van der Waals surface area contributed by atoms with E-state index in [9.17, 15) is 4.79 Å². The van der Waals surface area contributed by atoms with Crippen molar-refractivity contribution < 1.29 is 9.53 Å². The lowest BCUT2D eigenvalue weighted by Gasteiger charge is -2.41. The minimum absolute atomic E-state index is 0.00366. The Morgan fingerprint density at radius 3 is 2.39 bits per heavy atom. The summed E-state index contributed by atoms with van der Waals surface area (Å²) in [6, 6.07) is 21.6. The molecule has 1 N–H and O–H groups in total. The van der Waals surface area contributed by atoms with Gasteiger partial charge in [0.1, 0.15) is 11.6 Å². The van der Waals surface area contributed by atoms with Crippen molar-refractivity contribution in [1.82, 2.24) is 15.2 Å². The van der Waals surface area contributed by atoms with E-state index in [1.807, 2.05) is 36.4 Å². The molecule has 0 bridgehead atoms. The van der Waals surface area contributed by atoms with Crippen LogP contribution in [0.5, 0.6) is 5.75 Å². The molecule has 0 atom stereocenters. The van der Waals surface area contributed by atoms with Gasteiger partial charge in [-0.25, -0.2) is 4.98 Å². The molecule has 36 heavy (non-hydrogen) atoms. The summed E-state index contributed by atoms with van der Waals surface area (Å²) in [6.45, 7) is 3.99. The number of carbonyl (C=O) groups is 1. The van der Waals surface area contributed by atoms with Crippen LogP contribution in [-0.2, 0) is 13.0 Å². The Balaban J connectivity index is 1.21. The Labute approximate surface area is 213 Å². The summed E-state index contributed by atoms with van der Waals surface area (Å²) >= 11 is 0. The van der Waals surface area contributed by atoms with Crippen LogP contribution in [0.25, 0.3) is 11.3 Å². The SMILES string of the molecule is COc1ccc(-c2ccc(C(=O)NC3CC3)c(N3CCC(N4CCc5ccccc5C4)CC3)n2)cc1. The number of ether oxygens (including phenoxy) is 1. The van der Waals surface area contributed by atoms with E-state index in [-0.39, 0.29) is 5.91 Å². The van der Waals surface area contributed by atoms with E-state index in [4.69, 9.17) is 9.72 Å². The van der Waals surface area contributed by atoms with E-state index < -0.39 is 0 Å². The highest BCUT2D eigenvalue weighted by Gasteiger charge is 2.31. The standard InChI is InChI=1S/C30H34N4O2/c1-36-26-10-6-22(7-11-26)28-13-12-27(30(35)31-24-8-9-24)29(32-28)33-18-15-25(16-19-33)34-17-14-21-4-2-3-5-23(21)20-34/h2-7,10-13,24-25H,8-9,14-20H2,1H3,(H,31,35). The maximum atomic E-state index is 13.1. The van der Waals surface area contributed by atoms with Crippen LogP contribution >= 0.6 is 0 Å². The van der Waals surface area contributed by atoms with Gasteiger partial charge in [-0.05, 0) is 79.6 Å². The number of piperidine rings is 1. The van der Waals surface area contributed by atoms with Crippen LogP contribution in [0.2, 0.25) is 0 Å². The molecule has 1 saturated carbocycles. The number of amides is 1. The Bertz CT molecular complexity index is 1230. The first-order valence-electron chi connectivity index (χ1n) is 13.2. The predicted molar refractivity (Wildman–Crippen MR) is 143 cm³/mol. The monoisotopic (exact) mass is 482 g/mol. The van der Waals surface area contributed by atoms with Gasteiger partial charge in [0.15, 0.2) is 0 Å². The van der Waals surface area contributed by atoms with E-state index in [1.54, 1.807) is 7.11 Å². The normalized spacial score (nSPS) is 18.5. The van der Waals surface area contributed by atoms with Gasteiger partial charge >= 0.3 is 0 Å². The molecule has 1 saturated heterocycles. The van der Waals surface area contributed by atoms with Gasteiger partial charge in [-0.15, -0.1) is 0 Å². The third-order valence-corrected chi connectivity index (χ3v) is 7.86. The second kappa shape index (κ2) is 9.94. The molecule has 2 aromatic carbocycles. The molecule has 3 heterocycles. The highest BCUT2D eigenvalue weighted by atomic mass is 16.5. The molecule has 1 aliphatic carbocycles. The molecule has 2 fully saturated rings. The predicted octanol–water partition coefficient (Wildman–Crippen LogP) is 4.68. The van der Waals surface area contributed by atoms with Crippen molar-refractivity contribution in [2.24, 2.45) is 0 Å². The first kappa shape index (κ1) is 23.0. The molecule has 2 aliphatic heterocycles. The average Bonchev–Trinajstić information content (AvgIpc) is 3.76. The lowest BCUT2D eigenvalue weighted by atomic mass is 9.95. The second-order valence-corrected chi connectivity index (χ2v) is 10.3.